The van der Waals surface area contributed by atoms with E-state index in [9.17, 15) is 9.59 Å². The van der Waals surface area contributed by atoms with Gasteiger partial charge in [0.1, 0.15) is 5.52 Å². The summed E-state index contributed by atoms with van der Waals surface area (Å²) in [6.45, 7) is 2.99. The number of aromatic nitrogens is 4. The quantitative estimate of drug-likeness (QED) is 0.464. The number of hydrogen-bond acceptors (Lipinski definition) is 5. The number of amides is 2. The van der Waals surface area contributed by atoms with E-state index in [1.165, 1.54) is 0 Å². The molecule has 0 radical (unpaired) electrons. The van der Waals surface area contributed by atoms with Crippen molar-refractivity contribution in [3.63, 3.8) is 0 Å². The fourth-order valence-corrected chi connectivity index (χ4v) is 6.48. The number of nitrogens with one attached hydrogen (secondary N) is 1. The Labute approximate surface area is 212 Å². The molecule has 2 amide bonds. The maximum atomic E-state index is 13.2. The highest BCUT2D eigenvalue weighted by atomic mass is 35.5. The molecule has 1 N–H and O–H groups in total. The highest BCUT2D eigenvalue weighted by Crippen LogP contribution is 2.54. The SMILES string of the molecule is O=C(c1ccc(-c2ccc(Cl)cc2)nc1)N1C[C@@H]2[C@H](C1)[C@H]1CN(C(=O)c3ccc4[nH]nnc4c3)C[C@@H]21. The lowest BCUT2D eigenvalue weighted by Crippen LogP contribution is -2.44. The third kappa shape index (κ3) is 3.39. The number of rotatable bonds is 3. The molecule has 4 aromatic rings. The van der Waals surface area contributed by atoms with Crippen molar-refractivity contribution in [2.45, 2.75) is 0 Å². The van der Waals surface area contributed by atoms with Crippen molar-refractivity contribution in [1.82, 2.24) is 30.2 Å². The summed E-state index contributed by atoms with van der Waals surface area (Å²) in [5, 5.41) is 11.3. The van der Waals surface area contributed by atoms with E-state index in [2.05, 4.69) is 20.4 Å². The monoisotopic (exact) mass is 498 g/mol. The van der Waals surface area contributed by atoms with Crippen LogP contribution in [0.3, 0.4) is 0 Å². The number of H-pyrrole nitrogens is 1. The predicted molar refractivity (Wildman–Crippen MR) is 134 cm³/mol. The first-order valence-corrected chi connectivity index (χ1v) is 12.5. The number of benzene rings is 2. The Morgan fingerprint density at radius 2 is 1.42 bits per heavy atom. The van der Waals surface area contributed by atoms with E-state index < -0.39 is 0 Å². The highest BCUT2D eigenvalue weighted by molar-refractivity contribution is 6.30. The molecule has 2 aliphatic heterocycles. The summed E-state index contributed by atoms with van der Waals surface area (Å²) in [7, 11) is 0. The summed E-state index contributed by atoms with van der Waals surface area (Å²) in [5.41, 5.74) is 4.55. The number of pyridine rings is 1. The first kappa shape index (κ1) is 21.5. The van der Waals surface area contributed by atoms with Crippen LogP contribution in [0.2, 0.25) is 5.02 Å². The lowest BCUT2D eigenvalue weighted by molar-refractivity contribution is 0.0629. The van der Waals surface area contributed by atoms with Crippen LogP contribution in [-0.2, 0) is 0 Å². The van der Waals surface area contributed by atoms with Gasteiger partial charge in [0.05, 0.1) is 16.8 Å². The van der Waals surface area contributed by atoms with Gasteiger partial charge in [0.25, 0.3) is 11.8 Å². The van der Waals surface area contributed by atoms with Gasteiger partial charge in [-0.1, -0.05) is 28.9 Å². The molecule has 0 spiro atoms. The van der Waals surface area contributed by atoms with E-state index >= 15 is 0 Å². The van der Waals surface area contributed by atoms with Gasteiger partial charge in [0.15, 0.2) is 0 Å². The molecule has 2 aromatic carbocycles. The Hall–Kier alpha value is -3.78. The van der Waals surface area contributed by atoms with Gasteiger partial charge in [-0.05, 0) is 66.1 Å². The van der Waals surface area contributed by atoms with Gasteiger partial charge in [-0.2, -0.15) is 0 Å². The molecule has 0 bridgehead atoms. The van der Waals surface area contributed by atoms with Gasteiger partial charge in [0.2, 0.25) is 0 Å². The minimum Gasteiger partial charge on any atom is -0.338 e. The number of carbonyl (C=O) groups is 2. The molecule has 4 atom stereocenters. The van der Waals surface area contributed by atoms with Crippen LogP contribution in [-0.4, -0.2) is 68.2 Å². The third-order valence-electron chi connectivity index (χ3n) is 8.22. The second kappa shape index (κ2) is 8.13. The van der Waals surface area contributed by atoms with Gasteiger partial charge in [-0.3, -0.25) is 19.7 Å². The standard InChI is InChI=1S/C27H23ClN6O2/c28-18-5-1-15(2-6-18)23-7-4-17(10-29-23)27(36)34-13-21-19-11-33(12-20(19)22(21)14-34)26(35)16-3-8-24-25(9-16)31-32-30-24/h1-10,19-22H,11-14H2,(H,30,31,32)/t19-,20+,21+,22-. The number of carbonyl (C=O) groups excluding carboxylic acids is 2. The summed E-state index contributed by atoms with van der Waals surface area (Å²) in [5.74, 6) is 1.90. The van der Waals surface area contributed by atoms with Crippen LogP contribution in [0.15, 0.2) is 60.8 Å². The average molecular weight is 499 g/mol. The predicted octanol–water partition coefficient (Wildman–Crippen LogP) is 3.76. The second-order valence-electron chi connectivity index (χ2n) is 10.1. The zero-order valence-electron chi connectivity index (χ0n) is 19.3. The minimum absolute atomic E-state index is 0.0338. The van der Waals surface area contributed by atoms with Crippen molar-refractivity contribution in [2.24, 2.45) is 23.7 Å². The number of nitrogens with zero attached hydrogens (tertiary/aromatic N) is 5. The van der Waals surface area contributed by atoms with Gasteiger partial charge in [-0.15, -0.1) is 5.10 Å². The fraction of sp³-hybridized carbons (Fsp3) is 0.296. The Bertz CT molecular complexity index is 1460. The largest absolute Gasteiger partial charge is 0.338 e. The zero-order chi connectivity index (χ0) is 24.4. The maximum absolute atomic E-state index is 13.2. The van der Waals surface area contributed by atoms with Gasteiger partial charge in [-0.25, -0.2) is 0 Å². The molecule has 2 saturated heterocycles. The molecular formula is C27H23ClN6O2. The smallest absolute Gasteiger partial charge is 0.255 e. The van der Waals surface area contributed by atoms with Crippen molar-refractivity contribution in [2.75, 3.05) is 26.2 Å². The normalized spacial score (nSPS) is 24.5. The number of fused-ring (bicyclic) bond motifs is 5. The van der Waals surface area contributed by atoms with Crippen molar-refractivity contribution in [3.05, 3.63) is 76.9 Å². The first-order valence-electron chi connectivity index (χ1n) is 12.2. The van der Waals surface area contributed by atoms with Crippen LogP contribution in [0, 0.1) is 23.7 Å². The molecule has 36 heavy (non-hydrogen) atoms. The molecular weight excluding hydrogens is 476 g/mol. The molecule has 3 fully saturated rings. The van der Waals surface area contributed by atoms with Gasteiger partial charge < -0.3 is 9.80 Å². The van der Waals surface area contributed by atoms with Gasteiger partial charge in [0, 0.05) is 48.5 Å². The zero-order valence-corrected chi connectivity index (χ0v) is 20.1. The van der Waals surface area contributed by atoms with Crippen LogP contribution in [0.25, 0.3) is 22.3 Å². The van der Waals surface area contributed by atoms with Crippen LogP contribution < -0.4 is 0 Å². The van der Waals surface area contributed by atoms with E-state index in [0.717, 1.165) is 43.0 Å². The number of halogens is 1. The molecule has 9 heteroatoms. The minimum atomic E-state index is 0.0338. The molecule has 2 aromatic heterocycles. The Morgan fingerprint density at radius 1 is 0.806 bits per heavy atom. The van der Waals surface area contributed by atoms with Crippen LogP contribution >= 0.6 is 11.6 Å². The molecule has 180 valence electrons. The van der Waals surface area contributed by atoms with E-state index in [0.29, 0.717) is 45.3 Å². The Balaban J connectivity index is 1.00. The number of likely N-dealkylation sites (tertiary alicyclic amines) is 2. The van der Waals surface area contributed by atoms with Crippen LogP contribution in [0.5, 0.6) is 0 Å². The lowest BCUT2D eigenvalue weighted by Gasteiger charge is -2.42. The summed E-state index contributed by atoms with van der Waals surface area (Å²) in [6.07, 6.45) is 1.67. The average Bonchev–Trinajstić information content (AvgIpc) is 3.62. The maximum Gasteiger partial charge on any atom is 0.255 e. The van der Waals surface area contributed by atoms with Crippen molar-refractivity contribution >= 4 is 34.4 Å². The summed E-state index contributed by atoms with van der Waals surface area (Å²) >= 11 is 5.97. The number of aromatic amines is 1. The van der Waals surface area contributed by atoms with Crippen LogP contribution in [0.1, 0.15) is 20.7 Å². The molecule has 3 aliphatic rings. The number of hydrogen-bond donors (Lipinski definition) is 1. The van der Waals surface area contributed by atoms with Crippen molar-refractivity contribution in [1.29, 1.82) is 0 Å². The fourth-order valence-electron chi connectivity index (χ4n) is 6.36. The topological polar surface area (TPSA) is 95.1 Å². The molecule has 7 rings (SSSR count). The molecule has 0 unspecified atom stereocenters. The van der Waals surface area contributed by atoms with E-state index in [1.807, 2.05) is 58.3 Å². The molecule has 1 saturated carbocycles. The summed E-state index contributed by atoms with van der Waals surface area (Å²) in [6, 6.07) is 16.7. The first-order chi connectivity index (χ1) is 17.5. The second-order valence-corrected chi connectivity index (χ2v) is 10.5. The van der Waals surface area contributed by atoms with Crippen molar-refractivity contribution < 1.29 is 9.59 Å². The van der Waals surface area contributed by atoms with E-state index in [1.54, 1.807) is 12.3 Å². The summed E-state index contributed by atoms with van der Waals surface area (Å²) < 4.78 is 0. The van der Waals surface area contributed by atoms with E-state index in [-0.39, 0.29) is 11.8 Å². The Kier molecular flexibility index (Phi) is 4.86. The van der Waals surface area contributed by atoms with Gasteiger partial charge >= 0.3 is 0 Å². The van der Waals surface area contributed by atoms with E-state index in [4.69, 9.17) is 11.6 Å². The Morgan fingerprint density at radius 3 is 2.03 bits per heavy atom. The molecule has 1 aliphatic carbocycles. The summed E-state index contributed by atoms with van der Waals surface area (Å²) in [4.78, 5) is 34.8. The lowest BCUT2D eigenvalue weighted by atomic mass is 9.60. The molecule has 4 heterocycles. The third-order valence-corrected chi connectivity index (χ3v) is 8.47. The highest BCUT2D eigenvalue weighted by Gasteiger charge is 2.59. The molecule has 8 nitrogen and oxygen atoms in total. The van der Waals surface area contributed by atoms with Crippen molar-refractivity contribution in [3.8, 4) is 11.3 Å². The van der Waals surface area contributed by atoms with Crippen LogP contribution in [0.4, 0.5) is 0 Å².